The average Bonchev–Trinajstić information content (AvgIpc) is 2.77. The third kappa shape index (κ3) is 2.71. The highest BCUT2D eigenvalue weighted by Gasteiger charge is 2.44. The quantitative estimate of drug-likeness (QED) is 0.769. The van der Waals surface area contributed by atoms with Crippen molar-refractivity contribution >= 4 is 17.9 Å². The largest absolute Gasteiger partial charge is 0.480 e. The molecule has 2 heterocycles. The van der Waals surface area contributed by atoms with Gasteiger partial charge in [0, 0.05) is 19.1 Å². The van der Waals surface area contributed by atoms with Crippen molar-refractivity contribution in [3.63, 3.8) is 0 Å². The number of urea groups is 1. The van der Waals surface area contributed by atoms with Crippen LogP contribution >= 0.6 is 0 Å². The number of carboxylic acids is 1. The first kappa shape index (κ1) is 14.6. The summed E-state index contributed by atoms with van der Waals surface area (Å²) >= 11 is 0. The van der Waals surface area contributed by atoms with Gasteiger partial charge in [-0.2, -0.15) is 0 Å². The first-order valence-electron chi connectivity index (χ1n) is 6.98. The van der Waals surface area contributed by atoms with Crippen LogP contribution in [0.3, 0.4) is 0 Å². The summed E-state index contributed by atoms with van der Waals surface area (Å²) in [4.78, 5) is 38.2. The van der Waals surface area contributed by atoms with Gasteiger partial charge in [-0.1, -0.05) is 0 Å². The Morgan fingerprint density at radius 3 is 2.80 bits per heavy atom. The Hall–Kier alpha value is -1.79. The fraction of sp³-hybridized carbons (Fsp3) is 0.769. The topological polar surface area (TPSA) is 90.0 Å². The molecule has 0 aromatic carbocycles. The van der Waals surface area contributed by atoms with Gasteiger partial charge in [0.05, 0.1) is 12.0 Å². The minimum Gasteiger partial charge on any atom is -0.480 e. The van der Waals surface area contributed by atoms with E-state index in [1.165, 1.54) is 4.90 Å². The first-order valence-corrected chi connectivity index (χ1v) is 6.98. The molecule has 112 valence electrons. The van der Waals surface area contributed by atoms with E-state index in [0.29, 0.717) is 13.1 Å². The molecule has 7 nitrogen and oxygen atoms in total. The zero-order chi connectivity index (χ0) is 14.9. The first-order chi connectivity index (χ1) is 9.41. The van der Waals surface area contributed by atoms with Gasteiger partial charge in [0.25, 0.3) is 0 Å². The zero-order valence-electron chi connectivity index (χ0n) is 11.8. The molecule has 0 bridgehead atoms. The second kappa shape index (κ2) is 5.68. The van der Waals surface area contributed by atoms with Crippen LogP contribution in [0.15, 0.2) is 0 Å². The highest BCUT2D eigenvalue weighted by Crippen LogP contribution is 2.28. The summed E-state index contributed by atoms with van der Waals surface area (Å²) in [7, 11) is 0. The highest BCUT2D eigenvalue weighted by atomic mass is 16.4. The van der Waals surface area contributed by atoms with Crippen molar-refractivity contribution < 1.29 is 19.5 Å². The van der Waals surface area contributed by atoms with Gasteiger partial charge in [-0.15, -0.1) is 0 Å². The van der Waals surface area contributed by atoms with Gasteiger partial charge in [-0.05, 0) is 26.7 Å². The molecule has 0 spiro atoms. The zero-order valence-corrected chi connectivity index (χ0v) is 11.8. The van der Waals surface area contributed by atoms with Crippen LogP contribution in [-0.4, -0.2) is 64.5 Å². The molecule has 0 aliphatic carbocycles. The number of hydrogen-bond acceptors (Lipinski definition) is 3. The normalized spacial score (nSPS) is 25.4. The van der Waals surface area contributed by atoms with E-state index in [9.17, 15) is 14.4 Å². The van der Waals surface area contributed by atoms with Crippen molar-refractivity contribution in [2.24, 2.45) is 5.92 Å². The molecule has 2 atom stereocenters. The predicted molar refractivity (Wildman–Crippen MR) is 71.1 cm³/mol. The van der Waals surface area contributed by atoms with Gasteiger partial charge in [0.2, 0.25) is 5.91 Å². The number of likely N-dealkylation sites (tertiary alicyclic amines) is 1. The fourth-order valence-electron chi connectivity index (χ4n) is 2.97. The fourth-order valence-corrected chi connectivity index (χ4v) is 2.97. The van der Waals surface area contributed by atoms with E-state index >= 15 is 0 Å². The number of rotatable bonds is 3. The summed E-state index contributed by atoms with van der Waals surface area (Å²) < 4.78 is 0. The summed E-state index contributed by atoms with van der Waals surface area (Å²) in [6.45, 7) is 4.32. The lowest BCUT2D eigenvalue weighted by Crippen LogP contribution is -2.56. The summed E-state index contributed by atoms with van der Waals surface area (Å²) in [5, 5.41) is 11.7. The smallest absolute Gasteiger partial charge is 0.323 e. The van der Waals surface area contributed by atoms with Crippen LogP contribution in [0.4, 0.5) is 4.79 Å². The van der Waals surface area contributed by atoms with E-state index < -0.39 is 5.97 Å². The van der Waals surface area contributed by atoms with E-state index in [1.807, 2.05) is 0 Å². The summed E-state index contributed by atoms with van der Waals surface area (Å²) in [5.74, 6) is -1.17. The molecule has 20 heavy (non-hydrogen) atoms. The molecule has 2 aliphatic heterocycles. The molecule has 2 aliphatic rings. The van der Waals surface area contributed by atoms with Gasteiger partial charge in [0.15, 0.2) is 0 Å². The second-order valence-electron chi connectivity index (χ2n) is 5.65. The van der Waals surface area contributed by atoms with Gasteiger partial charge in [-0.25, -0.2) is 4.79 Å². The molecule has 2 N–H and O–H groups in total. The van der Waals surface area contributed by atoms with E-state index in [2.05, 4.69) is 5.32 Å². The van der Waals surface area contributed by atoms with Crippen LogP contribution < -0.4 is 5.32 Å². The van der Waals surface area contributed by atoms with Crippen LogP contribution in [0.1, 0.15) is 26.7 Å². The molecule has 0 saturated carbocycles. The Bertz CT molecular complexity index is 424. The third-order valence-corrected chi connectivity index (χ3v) is 4.02. The van der Waals surface area contributed by atoms with E-state index in [4.69, 9.17) is 5.11 Å². The third-order valence-electron chi connectivity index (χ3n) is 4.02. The van der Waals surface area contributed by atoms with Crippen molar-refractivity contribution in [1.82, 2.24) is 15.1 Å². The van der Waals surface area contributed by atoms with Crippen molar-refractivity contribution in [3.8, 4) is 0 Å². The number of piperidine rings is 1. The lowest BCUT2D eigenvalue weighted by atomic mass is 9.92. The molecule has 2 fully saturated rings. The number of fused-ring (bicyclic) bond motifs is 1. The van der Waals surface area contributed by atoms with Gasteiger partial charge in [0.1, 0.15) is 6.54 Å². The van der Waals surface area contributed by atoms with Crippen LogP contribution in [0.5, 0.6) is 0 Å². The predicted octanol–water partition coefficient (Wildman–Crippen LogP) is 0.112. The van der Waals surface area contributed by atoms with Crippen molar-refractivity contribution in [1.29, 1.82) is 0 Å². The minimum atomic E-state index is -1.03. The molecule has 3 amide bonds. The average molecular weight is 283 g/mol. The summed E-state index contributed by atoms with van der Waals surface area (Å²) in [6.07, 6.45) is 1.57. The number of nitrogens with zero attached hydrogens (tertiary/aromatic N) is 2. The van der Waals surface area contributed by atoms with E-state index in [-0.39, 0.29) is 36.5 Å². The number of nitrogens with one attached hydrogen (secondary N) is 1. The monoisotopic (exact) mass is 283 g/mol. The standard InChI is InChI=1S/C13H21N3O4/c1-8(2)16(7-11(17)18)13(20)15-5-3-4-9-10(15)6-14-12(9)19/h8-10H,3-7H2,1-2H3,(H,14,19)(H,17,18). The van der Waals surface area contributed by atoms with E-state index in [1.54, 1.807) is 18.7 Å². The number of carbonyl (C=O) groups is 3. The minimum absolute atomic E-state index is 0.00170. The lowest BCUT2D eigenvalue weighted by molar-refractivity contribution is -0.138. The Kier molecular flexibility index (Phi) is 4.15. The Morgan fingerprint density at radius 1 is 1.50 bits per heavy atom. The molecular formula is C13H21N3O4. The Morgan fingerprint density at radius 2 is 2.20 bits per heavy atom. The highest BCUT2D eigenvalue weighted by molar-refractivity contribution is 5.85. The van der Waals surface area contributed by atoms with Crippen LogP contribution in [0.2, 0.25) is 0 Å². The van der Waals surface area contributed by atoms with Crippen molar-refractivity contribution in [2.75, 3.05) is 19.6 Å². The Labute approximate surface area is 117 Å². The number of carbonyl (C=O) groups excluding carboxylic acids is 2. The number of aliphatic carboxylic acids is 1. The maximum Gasteiger partial charge on any atom is 0.323 e. The maximum absolute atomic E-state index is 12.6. The molecule has 2 unspecified atom stereocenters. The van der Waals surface area contributed by atoms with Crippen molar-refractivity contribution in [3.05, 3.63) is 0 Å². The van der Waals surface area contributed by atoms with Gasteiger partial charge in [-0.3, -0.25) is 9.59 Å². The SMILES string of the molecule is CC(C)N(CC(=O)O)C(=O)N1CCCC2C(=O)NCC21. The molecule has 2 rings (SSSR count). The number of amides is 3. The lowest BCUT2D eigenvalue weighted by Gasteiger charge is -2.39. The molecule has 7 heteroatoms. The van der Waals surface area contributed by atoms with Crippen LogP contribution in [0, 0.1) is 5.92 Å². The molecular weight excluding hydrogens is 262 g/mol. The molecule has 0 radical (unpaired) electrons. The van der Waals surface area contributed by atoms with Gasteiger partial charge >= 0.3 is 12.0 Å². The molecule has 0 aromatic heterocycles. The summed E-state index contributed by atoms with van der Waals surface area (Å²) in [6, 6.07) is -0.614. The van der Waals surface area contributed by atoms with Gasteiger partial charge < -0.3 is 20.2 Å². The van der Waals surface area contributed by atoms with E-state index in [0.717, 1.165) is 12.8 Å². The summed E-state index contributed by atoms with van der Waals surface area (Å²) in [5.41, 5.74) is 0. The van der Waals surface area contributed by atoms with Crippen LogP contribution in [0.25, 0.3) is 0 Å². The maximum atomic E-state index is 12.6. The number of carboxylic acid groups (broad SMARTS) is 1. The Balaban J connectivity index is 2.14. The molecule has 2 saturated heterocycles. The second-order valence-corrected chi connectivity index (χ2v) is 5.65. The van der Waals surface area contributed by atoms with Crippen LogP contribution in [-0.2, 0) is 9.59 Å². The molecule has 0 aromatic rings. The number of hydrogen-bond donors (Lipinski definition) is 2. The van der Waals surface area contributed by atoms with Crippen molar-refractivity contribution in [2.45, 2.75) is 38.8 Å².